The summed E-state index contributed by atoms with van der Waals surface area (Å²) >= 11 is 0. The molecule has 0 aromatic heterocycles. The molecule has 4 nitrogen and oxygen atoms in total. The average Bonchev–Trinajstić information content (AvgIpc) is 3.13. The number of nitrogens with one attached hydrogen (secondary N) is 1. The van der Waals surface area contributed by atoms with Gasteiger partial charge in [0.05, 0.1) is 13.2 Å². The van der Waals surface area contributed by atoms with Crippen molar-refractivity contribution < 1.29 is 14.2 Å². The zero-order chi connectivity index (χ0) is 14.1. The Kier molecular flexibility index (Phi) is 3.61. The summed E-state index contributed by atoms with van der Waals surface area (Å²) in [5.41, 5.74) is 1.33. The average molecular weight is 289 g/mol. The van der Waals surface area contributed by atoms with Gasteiger partial charge in [-0.15, -0.1) is 0 Å². The normalized spacial score (nSPS) is 27.7. The van der Waals surface area contributed by atoms with Crippen LogP contribution in [0, 0.1) is 0 Å². The Morgan fingerprint density at radius 3 is 2.62 bits per heavy atom. The first-order valence-corrected chi connectivity index (χ1v) is 8.09. The van der Waals surface area contributed by atoms with Crippen molar-refractivity contribution in [2.75, 3.05) is 19.8 Å². The van der Waals surface area contributed by atoms with Gasteiger partial charge < -0.3 is 19.5 Å². The minimum atomic E-state index is -0.252. The van der Waals surface area contributed by atoms with Gasteiger partial charge in [0, 0.05) is 31.8 Å². The van der Waals surface area contributed by atoms with Crippen LogP contribution in [0.1, 0.15) is 31.2 Å². The standard InChI is InChI=1S/C17H23NO3/c1-2-4-16-13(3-1)11-15(21-16)12-18-14-5-7-17(8-6-14)19-9-10-20-17/h1-4,14-15,18H,5-12H2. The van der Waals surface area contributed by atoms with Crippen molar-refractivity contribution in [3.63, 3.8) is 0 Å². The molecule has 2 heterocycles. The molecule has 1 unspecified atom stereocenters. The van der Waals surface area contributed by atoms with E-state index in [1.54, 1.807) is 0 Å². The first-order valence-electron chi connectivity index (χ1n) is 8.09. The molecule has 0 bridgehead atoms. The molecule has 0 amide bonds. The Balaban J connectivity index is 1.24. The van der Waals surface area contributed by atoms with Crippen molar-refractivity contribution in [1.29, 1.82) is 0 Å². The van der Waals surface area contributed by atoms with E-state index < -0.39 is 0 Å². The highest BCUT2D eigenvalue weighted by molar-refractivity contribution is 5.37. The van der Waals surface area contributed by atoms with Gasteiger partial charge in [-0.25, -0.2) is 0 Å². The predicted molar refractivity (Wildman–Crippen MR) is 79.5 cm³/mol. The molecule has 1 saturated carbocycles. The fourth-order valence-electron chi connectivity index (χ4n) is 3.71. The first kappa shape index (κ1) is 13.6. The Labute approximate surface area is 125 Å². The summed E-state index contributed by atoms with van der Waals surface area (Å²) in [4.78, 5) is 0. The number of hydrogen-bond donors (Lipinski definition) is 1. The maximum atomic E-state index is 5.98. The molecule has 1 spiro atoms. The minimum absolute atomic E-state index is 0.252. The third kappa shape index (κ3) is 2.80. The minimum Gasteiger partial charge on any atom is -0.488 e. The fraction of sp³-hybridized carbons (Fsp3) is 0.647. The van der Waals surface area contributed by atoms with Gasteiger partial charge in [-0.05, 0) is 24.5 Å². The quantitative estimate of drug-likeness (QED) is 0.926. The number of ether oxygens (including phenoxy) is 3. The van der Waals surface area contributed by atoms with Gasteiger partial charge >= 0.3 is 0 Å². The highest BCUT2D eigenvalue weighted by Crippen LogP contribution is 2.36. The number of hydrogen-bond acceptors (Lipinski definition) is 4. The van der Waals surface area contributed by atoms with Crippen LogP contribution in [-0.4, -0.2) is 37.7 Å². The first-order chi connectivity index (χ1) is 10.3. The smallest absolute Gasteiger partial charge is 0.168 e. The lowest BCUT2D eigenvalue weighted by Gasteiger charge is -2.36. The molecule has 4 heteroatoms. The van der Waals surface area contributed by atoms with E-state index in [4.69, 9.17) is 14.2 Å². The summed E-state index contributed by atoms with van der Waals surface area (Å²) in [7, 11) is 0. The molecule has 21 heavy (non-hydrogen) atoms. The number of fused-ring (bicyclic) bond motifs is 1. The monoisotopic (exact) mass is 289 g/mol. The van der Waals surface area contributed by atoms with Crippen molar-refractivity contribution >= 4 is 0 Å². The van der Waals surface area contributed by atoms with Gasteiger partial charge in [0.2, 0.25) is 0 Å². The van der Waals surface area contributed by atoms with Crippen LogP contribution >= 0.6 is 0 Å². The summed E-state index contributed by atoms with van der Waals surface area (Å²) in [6.07, 6.45) is 5.57. The van der Waals surface area contributed by atoms with E-state index in [0.29, 0.717) is 6.04 Å². The van der Waals surface area contributed by atoms with Gasteiger partial charge in [-0.1, -0.05) is 18.2 Å². The van der Waals surface area contributed by atoms with Gasteiger partial charge in [0.25, 0.3) is 0 Å². The molecular weight excluding hydrogens is 266 g/mol. The largest absolute Gasteiger partial charge is 0.488 e. The van der Waals surface area contributed by atoms with Crippen molar-refractivity contribution in [3.05, 3.63) is 29.8 Å². The van der Waals surface area contributed by atoms with Crippen LogP contribution in [0.2, 0.25) is 0 Å². The fourth-order valence-corrected chi connectivity index (χ4v) is 3.71. The molecular formula is C17H23NO3. The van der Waals surface area contributed by atoms with Crippen LogP contribution in [0.3, 0.4) is 0 Å². The molecule has 4 rings (SSSR count). The Morgan fingerprint density at radius 1 is 1.10 bits per heavy atom. The molecule has 1 N–H and O–H groups in total. The van der Waals surface area contributed by atoms with Gasteiger partial charge in [0.1, 0.15) is 11.9 Å². The van der Waals surface area contributed by atoms with Gasteiger partial charge in [0.15, 0.2) is 5.79 Å². The molecule has 2 fully saturated rings. The topological polar surface area (TPSA) is 39.7 Å². The molecule has 1 saturated heterocycles. The summed E-state index contributed by atoms with van der Waals surface area (Å²) in [6.45, 7) is 2.44. The van der Waals surface area contributed by atoms with E-state index in [0.717, 1.165) is 57.6 Å². The molecule has 1 aromatic rings. The summed E-state index contributed by atoms with van der Waals surface area (Å²) in [5.74, 6) is 0.804. The van der Waals surface area contributed by atoms with Crippen molar-refractivity contribution in [1.82, 2.24) is 5.32 Å². The molecule has 1 atom stereocenters. The third-order valence-electron chi connectivity index (χ3n) is 4.91. The Morgan fingerprint density at radius 2 is 1.86 bits per heavy atom. The number of benzene rings is 1. The van der Waals surface area contributed by atoms with Crippen LogP contribution in [0.4, 0.5) is 0 Å². The Bertz CT molecular complexity index is 464. The van der Waals surface area contributed by atoms with Crippen LogP contribution in [-0.2, 0) is 15.9 Å². The predicted octanol–water partition coefficient (Wildman–Crippen LogP) is 2.27. The van der Waals surface area contributed by atoms with Crippen molar-refractivity contribution in [2.45, 2.75) is 50.0 Å². The van der Waals surface area contributed by atoms with E-state index >= 15 is 0 Å². The van der Waals surface area contributed by atoms with Gasteiger partial charge in [-0.2, -0.15) is 0 Å². The van der Waals surface area contributed by atoms with Crippen LogP contribution in [0.5, 0.6) is 5.75 Å². The zero-order valence-electron chi connectivity index (χ0n) is 12.3. The third-order valence-corrected chi connectivity index (χ3v) is 4.91. The molecule has 114 valence electrons. The number of rotatable bonds is 3. The second-order valence-electron chi connectivity index (χ2n) is 6.34. The highest BCUT2D eigenvalue weighted by Gasteiger charge is 2.40. The molecule has 3 aliphatic rings. The van der Waals surface area contributed by atoms with E-state index in [9.17, 15) is 0 Å². The zero-order valence-corrected chi connectivity index (χ0v) is 12.3. The highest BCUT2D eigenvalue weighted by atomic mass is 16.7. The van der Waals surface area contributed by atoms with Crippen LogP contribution < -0.4 is 10.1 Å². The van der Waals surface area contributed by atoms with Crippen LogP contribution in [0.15, 0.2) is 24.3 Å². The molecule has 0 radical (unpaired) electrons. The van der Waals surface area contributed by atoms with E-state index in [1.165, 1.54) is 5.56 Å². The van der Waals surface area contributed by atoms with E-state index in [2.05, 4.69) is 23.5 Å². The molecule has 1 aliphatic carbocycles. The van der Waals surface area contributed by atoms with E-state index in [-0.39, 0.29) is 11.9 Å². The summed E-state index contributed by atoms with van der Waals surface area (Å²) in [5, 5.41) is 3.67. The van der Waals surface area contributed by atoms with Crippen molar-refractivity contribution in [3.8, 4) is 5.75 Å². The lowest BCUT2D eigenvalue weighted by atomic mass is 9.90. The van der Waals surface area contributed by atoms with Gasteiger partial charge in [-0.3, -0.25) is 0 Å². The molecule has 2 aliphatic heterocycles. The Hall–Kier alpha value is -1.10. The maximum Gasteiger partial charge on any atom is 0.168 e. The SMILES string of the molecule is c1ccc2c(c1)CC(CNC1CCC3(CC1)OCCO3)O2. The lowest BCUT2D eigenvalue weighted by Crippen LogP contribution is -2.44. The van der Waals surface area contributed by atoms with E-state index in [1.807, 2.05) is 6.07 Å². The maximum absolute atomic E-state index is 5.98. The summed E-state index contributed by atoms with van der Waals surface area (Å²) < 4.78 is 17.5. The second kappa shape index (κ2) is 5.59. The summed E-state index contributed by atoms with van der Waals surface area (Å²) in [6, 6.07) is 8.91. The van der Waals surface area contributed by atoms with Crippen molar-refractivity contribution in [2.24, 2.45) is 0 Å². The second-order valence-corrected chi connectivity index (χ2v) is 6.34. The lowest BCUT2D eigenvalue weighted by molar-refractivity contribution is -0.179. The number of para-hydroxylation sites is 1. The van der Waals surface area contributed by atoms with Crippen LogP contribution in [0.25, 0.3) is 0 Å². The molecule has 1 aromatic carbocycles.